The van der Waals surface area contributed by atoms with Crippen molar-refractivity contribution in [2.45, 2.75) is 45.7 Å². The van der Waals surface area contributed by atoms with Crippen molar-refractivity contribution in [3.63, 3.8) is 0 Å². The van der Waals surface area contributed by atoms with Crippen LogP contribution in [0.4, 0.5) is 0 Å². The fraction of sp³-hybridized carbons (Fsp3) is 0.714. The summed E-state index contributed by atoms with van der Waals surface area (Å²) in [6.45, 7) is 5.78. The van der Waals surface area contributed by atoms with E-state index in [1.807, 2.05) is 0 Å². The molecule has 90 valence electrons. The lowest BCUT2D eigenvalue weighted by molar-refractivity contribution is 0.207. The number of hydrogen-bond acceptors (Lipinski definition) is 1. The fourth-order valence-corrected chi connectivity index (χ4v) is 2.99. The minimum Gasteiger partial charge on any atom is -0.353 e. The molecule has 1 N–H and O–H groups in total. The van der Waals surface area contributed by atoms with Gasteiger partial charge < -0.3 is 9.88 Å². The first-order chi connectivity index (χ1) is 7.68. The van der Waals surface area contributed by atoms with Crippen molar-refractivity contribution < 1.29 is 0 Å². The Morgan fingerprint density at radius 1 is 1.31 bits per heavy atom. The molecule has 2 nitrogen and oxygen atoms in total. The SMILES string of the molecule is CC1CCCC(C)C1NCc1cccn1C. The molecule has 2 rings (SSSR count). The Labute approximate surface area is 99.0 Å². The summed E-state index contributed by atoms with van der Waals surface area (Å²) in [5, 5.41) is 3.74. The molecule has 0 aromatic carbocycles. The second-order valence-corrected chi connectivity index (χ2v) is 5.40. The highest BCUT2D eigenvalue weighted by Crippen LogP contribution is 2.28. The van der Waals surface area contributed by atoms with E-state index in [2.05, 4.69) is 49.1 Å². The van der Waals surface area contributed by atoms with Crippen LogP contribution in [0.25, 0.3) is 0 Å². The van der Waals surface area contributed by atoms with E-state index in [0.29, 0.717) is 6.04 Å². The van der Waals surface area contributed by atoms with E-state index < -0.39 is 0 Å². The molecule has 2 atom stereocenters. The van der Waals surface area contributed by atoms with Crippen LogP contribution in [-0.2, 0) is 13.6 Å². The van der Waals surface area contributed by atoms with Gasteiger partial charge in [0.15, 0.2) is 0 Å². The maximum Gasteiger partial charge on any atom is 0.0361 e. The van der Waals surface area contributed by atoms with Crippen LogP contribution in [0.2, 0.25) is 0 Å². The Kier molecular flexibility index (Phi) is 3.70. The normalized spacial score (nSPS) is 30.6. The van der Waals surface area contributed by atoms with Crippen molar-refractivity contribution in [1.29, 1.82) is 0 Å². The molecule has 16 heavy (non-hydrogen) atoms. The minimum absolute atomic E-state index is 0.698. The standard InChI is InChI=1S/C14H24N2/c1-11-6-4-7-12(2)14(11)15-10-13-8-5-9-16(13)3/h5,8-9,11-12,14-15H,4,6-7,10H2,1-3H3. The summed E-state index contributed by atoms with van der Waals surface area (Å²) in [5.74, 6) is 1.65. The van der Waals surface area contributed by atoms with Crippen LogP contribution in [0, 0.1) is 11.8 Å². The maximum atomic E-state index is 3.74. The zero-order valence-electron chi connectivity index (χ0n) is 10.7. The molecule has 2 heteroatoms. The first-order valence-electron chi connectivity index (χ1n) is 6.52. The number of aryl methyl sites for hydroxylation is 1. The van der Waals surface area contributed by atoms with Crippen LogP contribution in [0.15, 0.2) is 18.3 Å². The first-order valence-corrected chi connectivity index (χ1v) is 6.52. The number of nitrogens with one attached hydrogen (secondary N) is 1. The smallest absolute Gasteiger partial charge is 0.0361 e. The molecule has 1 aromatic heterocycles. The van der Waals surface area contributed by atoms with Gasteiger partial charge in [0, 0.05) is 31.5 Å². The van der Waals surface area contributed by atoms with Gasteiger partial charge in [-0.2, -0.15) is 0 Å². The number of nitrogens with zero attached hydrogens (tertiary/aromatic N) is 1. The third-order valence-electron chi connectivity index (χ3n) is 4.12. The van der Waals surface area contributed by atoms with E-state index >= 15 is 0 Å². The van der Waals surface area contributed by atoms with E-state index in [0.717, 1.165) is 18.4 Å². The molecular weight excluding hydrogens is 196 g/mol. The highest BCUT2D eigenvalue weighted by Gasteiger charge is 2.26. The summed E-state index contributed by atoms with van der Waals surface area (Å²) >= 11 is 0. The lowest BCUT2D eigenvalue weighted by Gasteiger charge is -2.35. The summed E-state index contributed by atoms with van der Waals surface area (Å²) in [5.41, 5.74) is 1.38. The molecule has 0 aliphatic heterocycles. The van der Waals surface area contributed by atoms with Crippen molar-refractivity contribution in [2.75, 3.05) is 0 Å². The molecule has 1 heterocycles. The lowest BCUT2D eigenvalue weighted by Crippen LogP contribution is -2.42. The van der Waals surface area contributed by atoms with E-state index in [4.69, 9.17) is 0 Å². The molecule has 2 unspecified atom stereocenters. The fourth-order valence-electron chi connectivity index (χ4n) is 2.99. The Balaban J connectivity index is 1.91. The van der Waals surface area contributed by atoms with Gasteiger partial charge in [-0.05, 0) is 36.8 Å². The maximum absolute atomic E-state index is 3.74. The zero-order valence-corrected chi connectivity index (χ0v) is 10.7. The highest BCUT2D eigenvalue weighted by atomic mass is 15.0. The van der Waals surface area contributed by atoms with Crippen LogP contribution >= 0.6 is 0 Å². The van der Waals surface area contributed by atoms with Crippen LogP contribution in [0.1, 0.15) is 38.8 Å². The molecule has 1 saturated carbocycles. The van der Waals surface area contributed by atoms with E-state index in [1.165, 1.54) is 25.0 Å². The average molecular weight is 220 g/mol. The van der Waals surface area contributed by atoms with Crippen LogP contribution < -0.4 is 5.32 Å². The van der Waals surface area contributed by atoms with Crippen molar-refractivity contribution in [3.05, 3.63) is 24.0 Å². The predicted octanol–water partition coefficient (Wildman–Crippen LogP) is 2.94. The Bertz CT molecular complexity index is 319. The Hall–Kier alpha value is -0.760. The van der Waals surface area contributed by atoms with Crippen LogP contribution in [-0.4, -0.2) is 10.6 Å². The molecular formula is C14H24N2. The molecule has 1 aliphatic rings. The van der Waals surface area contributed by atoms with Gasteiger partial charge in [-0.3, -0.25) is 0 Å². The number of rotatable bonds is 3. The Morgan fingerprint density at radius 2 is 2.00 bits per heavy atom. The summed E-state index contributed by atoms with van der Waals surface area (Å²) in [6, 6.07) is 5.01. The third-order valence-corrected chi connectivity index (χ3v) is 4.12. The van der Waals surface area contributed by atoms with Gasteiger partial charge in [0.2, 0.25) is 0 Å². The second-order valence-electron chi connectivity index (χ2n) is 5.40. The molecule has 1 aliphatic carbocycles. The van der Waals surface area contributed by atoms with Crippen LogP contribution in [0.3, 0.4) is 0 Å². The zero-order chi connectivity index (χ0) is 11.5. The van der Waals surface area contributed by atoms with Crippen molar-refractivity contribution in [2.24, 2.45) is 18.9 Å². The van der Waals surface area contributed by atoms with Crippen molar-refractivity contribution >= 4 is 0 Å². The van der Waals surface area contributed by atoms with Gasteiger partial charge in [0.05, 0.1) is 0 Å². The Morgan fingerprint density at radius 3 is 2.56 bits per heavy atom. The molecule has 1 fully saturated rings. The van der Waals surface area contributed by atoms with Gasteiger partial charge in [0.25, 0.3) is 0 Å². The third kappa shape index (κ3) is 2.49. The van der Waals surface area contributed by atoms with E-state index in [-0.39, 0.29) is 0 Å². The van der Waals surface area contributed by atoms with E-state index in [9.17, 15) is 0 Å². The summed E-state index contributed by atoms with van der Waals surface area (Å²) in [4.78, 5) is 0. The summed E-state index contributed by atoms with van der Waals surface area (Å²) < 4.78 is 2.20. The van der Waals surface area contributed by atoms with Gasteiger partial charge in [-0.25, -0.2) is 0 Å². The van der Waals surface area contributed by atoms with Gasteiger partial charge in [0.1, 0.15) is 0 Å². The molecule has 1 aromatic rings. The monoisotopic (exact) mass is 220 g/mol. The van der Waals surface area contributed by atoms with Gasteiger partial charge in [-0.15, -0.1) is 0 Å². The van der Waals surface area contributed by atoms with Crippen molar-refractivity contribution in [1.82, 2.24) is 9.88 Å². The van der Waals surface area contributed by atoms with Crippen LogP contribution in [0.5, 0.6) is 0 Å². The highest BCUT2D eigenvalue weighted by molar-refractivity contribution is 5.06. The van der Waals surface area contributed by atoms with E-state index in [1.54, 1.807) is 0 Å². The predicted molar refractivity (Wildman–Crippen MR) is 68.2 cm³/mol. The second kappa shape index (κ2) is 5.05. The average Bonchev–Trinajstić information content (AvgIpc) is 2.64. The molecule has 0 saturated heterocycles. The number of aromatic nitrogens is 1. The molecule has 0 radical (unpaired) electrons. The largest absolute Gasteiger partial charge is 0.353 e. The molecule has 0 amide bonds. The lowest BCUT2D eigenvalue weighted by atomic mass is 9.79. The van der Waals surface area contributed by atoms with Gasteiger partial charge in [-0.1, -0.05) is 20.3 Å². The summed E-state index contributed by atoms with van der Waals surface area (Å²) in [7, 11) is 2.12. The topological polar surface area (TPSA) is 17.0 Å². The van der Waals surface area contributed by atoms with Crippen molar-refractivity contribution in [3.8, 4) is 0 Å². The minimum atomic E-state index is 0.698. The number of hydrogen-bond donors (Lipinski definition) is 1. The summed E-state index contributed by atoms with van der Waals surface area (Å²) in [6.07, 6.45) is 6.29. The quantitative estimate of drug-likeness (QED) is 0.828. The van der Waals surface area contributed by atoms with Gasteiger partial charge >= 0.3 is 0 Å². The molecule has 0 bridgehead atoms. The molecule has 0 spiro atoms. The first kappa shape index (κ1) is 11.7.